The second-order valence-electron chi connectivity index (χ2n) is 3.32. The summed E-state index contributed by atoms with van der Waals surface area (Å²) in [7, 11) is 0. The van der Waals surface area contributed by atoms with Crippen molar-refractivity contribution >= 4 is 0 Å². The number of benzene rings is 1. The number of hydrogen-bond donors (Lipinski definition) is 1. The molecule has 98 valence electrons. The molecule has 4 nitrogen and oxygen atoms in total. The van der Waals surface area contributed by atoms with E-state index in [2.05, 4.69) is 10.3 Å². The summed E-state index contributed by atoms with van der Waals surface area (Å²) in [6.07, 6.45) is -4.36. The van der Waals surface area contributed by atoms with Gasteiger partial charge in [-0.3, -0.25) is 4.84 Å². The van der Waals surface area contributed by atoms with Crippen LogP contribution in [0, 0.1) is 11.3 Å². The van der Waals surface area contributed by atoms with E-state index >= 15 is 0 Å². The van der Waals surface area contributed by atoms with Gasteiger partial charge in [0.1, 0.15) is 11.8 Å². The first kappa shape index (κ1) is 14.3. The summed E-state index contributed by atoms with van der Waals surface area (Å²) in [6, 6.07) is 8.45. The van der Waals surface area contributed by atoms with Gasteiger partial charge in [-0.2, -0.15) is 23.9 Å². The van der Waals surface area contributed by atoms with E-state index in [9.17, 15) is 13.2 Å². The van der Waals surface area contributed by atoms with E-state index < -0.39 is 12.8 Å². The van der Waals surface area contributed by atoms with Gasteiger partial charge >= 0.3 is 6.18 Å². The third-order valence-corrected chi connectivity index (χ3v) is 1.82. The van der Waals surface area contributed by atoms with Crippen molar-refractivity contribution in [3.63, 3.8) is 0 Å². The first-order valence-electron chi connectivity index (χ1n) is 5.01. The number of ether oxygens (including phenoxy) is 1. The number of nitrogens with one attached hydrogen (secondary N) is 1. The van der Waals surface area contributed by atoms with E-state index in [1.165, 1.54) is 0 Å². The summed E-state index contributed by atoms with van der Waals surface area (Å²) in [5.41, 5.74) is 2.89. The highest BCUT2D eigenvalue weighted by atomic mass is 19.4. The number of nitriles is 1. The molecule has 0 fully saturated rings. The molecule has 7 heteroatoms. The monoisotopic (exact) mass is 260 g/mol. The lowest BCUT2D eigenvalue weighted by atomic mass is 10.2. The van der Waals surface area contributed by atoms with Crippen LogP contribution in [0.3, 0.4) is 0 Å². The summed E-state index contributed by atoms with van der Waals surface area (Å²) in [4.78, 5) is 4.25. The molecule has 0 amide bonds. The molecule has 0 bridgehead atoms. The summed E-state index contributed by atoms with van der Waals surface area (Å²) < 4.78 is 40.4. The molecule has 18 heavy (non-hydrogen) atoms. The molecule has 0 saturated carbocycles. The molecule has 1 N–H and O–H groups in total. The van der Waals surface area contributed by atoms with Crippen LogP contribution in [0.1, 0.15) is 5.56 Å². The van der Waals surface area contributed by atoms with E-state index in [4.69, 9.17) is 10.00 Å². The fraction of sp³-hybridized carbons (Fsp3) is 0.364. The average molecular weight is 260 g/mol. The molecule has 0 aliphatic carbocycles. The molecular weight excluding hydrogens is 249 g/mol. The smallest absolute Gasteiger partial charge is 0.413 e. The van der Waals surface area contributed by atoms with Crippen molar-refractivity contribution < 1.29 is 22.7 Å². The number of alkyl halides is 3. The van der Waals surface area contributed by atoms with Gasteiger partial charge in [-0.15, -0.1) is 0 Å². The van der Waals surface area contributed by atoms with Crippen molar-refractivity contribution in [1.29, 1.82) is 5.26 Å². The molecule has 0 aliphatic rings. The quantitative estimate of drug-likeness (QED) is 0.629. The van der Waals surface area contributed by atoms with Crippen molar-refractivity contribution in [3.05, 3.63) is 29.8 Å². The Bertz CT molecular complexity index is 415. The Morgan fingerprint density at radius 1 is 1.33 bits per heavy atom. The zero-order valence-electron chi connectivity index (χ0n) is 9.33. The highest BCUT2D eigenvalue weighted by Crippen LogP contribution is 2.15. The minimum absolute atomic E-state index is 0.0819. The first-order chi connectivity index (χ1) is 8.51. The van der Waals surface area contributed by atoms with Crippen LogP contribution in [-0.2, 0) is 11.4 Å². The number of halogens is 3. The molecule has 0 aromatic heterocycles. The second kappa shape index (κ2) is 6.83. The van der Waals surface area contributed by atoms with Crippen LogP contribution >= 0.6 is 0 Å². The summed E-state index contributed by atoms with van der Waals surface area (Å²) in [6.45, 7) is -1.32. The maximum Gasteiger partial charge on any atom is 0.413 e. The SMILES string of the molecule is N#CCOc1cccc(CNOCC(F)(F)F)c1. The molecule has 0 spiro atoms. The second-order valence-corrected chi connectivity index (χ2v) is 3.32. The Labute approximate surface area is 102 Å². The Balaban J connectivity index is 2.36. The summed E-state index contributed by atoms with van der Waals surface area (Å²) in [5, 5.41) is 8.33. The van der Waals surface area contributed by atoms with Crippen LogP contribution in [0.5, 0.6) is 5.75 Å². The minimum atomic E-state index is -4.36. The predicted octanol–water partition coefficient (Wildman–Crippen LogP) is 2.17. The number of hydroxylamine groups is 1. The zero-order chi connectivity index (χ0) is 13.4. The molecule has 0 saturated heterocycles. The van der Waals surface area contributed by atoms with Crippen LogP contribution in [0.4, 0.5) is 13.2 Å². The molecule has 0 unspecified atom stereocenters. The highest BCUT2D eigenvalue weighted by molar-refractivity contribution is 5.28. The Kier molecular flexibility index (Phi) is 5.42. The Morgan fingerprint density at radius 2 is 2.11 bits per heavy atom. The van der Waals surface area contributed by atoms with Crippen molar-refractivity contribution in [2.24, 2.45) is 0 Å². The number of hydrogen-bond acceptors (Lipinski definition) is 4. The number of nitrogens with zero attached hydrogens (tertiary/aromatic N) is 1. The Morgan fingerprint density at radius 3 is 2.78 bits per heavy atom. The predicted molar refractivity (Wildman–Crippen MR) is 56.4 cm³/mol. The van der Waals surface area contributed by atoms with Gasteiger partial charge in [-0.1, -0.05) is 12.1 Å². The maximum absolute atomic E-state index is 11.8. The number of rotatable bonds is 6. The van der Waals surface area contributed by atoms with Gasteiger partial charge in [0, 0.05) is 6.54 Å². The van der Waals surface area contributed by atoms with Crippen LogP contribution < -0.4 is 10.2 Å². The molecule has 1 aromatic carbocycles. The molecule has 0 radical (unpaired) electrons. The summed E-state index contributed by atoms with van der Waals surface area (Å²) in [5.74, 6) is 0.478. The zero-order valence-corrected chi connectivity index (χ0v) is 9.33. The average Bonchev–Trinajstić information content (AvgIpc) is 2.31. The molecule has 0 aliphatic heterocycles. The fourth-order valence-electron chi connectivity index (χ4n) is 1.13. The standard InChI is InChI=1S/C11H11F3N2O2/c12-11(13,14)8-18-16-7-9-2-1-3-10(6-9)17-5-4-15/h1-3,6,16H,5,7-8H2. The molecular formula is C11H11F3N2O2. The third kappa shape index (κ3) is 6.08. The lowest BCUT2D eigenvalue weighted by molar-refractivity contribution is -0.190. The van der Waals surface area contributed by atoms with Gasteiger partial charge in [-0.05, 0) is 17.7 Å². The normalized spacial score (nSPS) is 11.0. The van der Waals surface area contributed by atoms with Crippen molar-refractivity contribution in [2.75, 3.05) is 13.2 Å². The van der Waals surface area contributed by atoms with Gasteiger partial charge < -0.3 is 4.74 Å². The van der Waals surface area contributed by atoms with E-state index in [0.29, 0.717) is 11.3 Å². The van der Waals surface area contributed by atoms with Gasteiger partial charge in [-0.25, -0.2) is 0 Å². The Hall–Kier alpha value is -1.78. The van der Waals surface area contributed by atoms with E-state index in [1.54, 1.807) is 24.3 Å². The van der Waals surface area contributed by atoms with Crippen LogP contribution in [-0.4, -0.2) is 19.4 Å². The van der Waals surface area contributed by atoms with Crippen LogP contribution in [0.15, 0.2) is 24.3 Å². The van der Waals surface area contributed by atoms with E-state index in [-0.39, 0.29) is 13.2 Å². The highest BCUT2D eigenvalue weighted by Gasteiger charge is 2.27. The topological polar surface area (TPSA) is 54.3 Å². The molecule has 1 aromatic rings. The maximum atomic E-state index is 11.8. The van der Waals surface area contributed by atoms with E-state index in [0.717, 1.165) is 0 Å². The van der Waals surface area contributed by atoms with Gasteiger partial charge in [0.15, 0.2) is 13.2 Å². The minimum Gasteiger partial charge on any atom is -0.479 e. The fourth-order valence-corrected chi connectivity index (χ4v) is 1.13. The molecule has 1 rings (SSSR count). The third-order valence-electron chi connectivity index (χ3n) is 1.82. The first-order valence-corrected chi connectivity index (χ1v) is 5.01. The molecule has 0 heterocycles. The lowest BCUT2D eigenvalue weighted by Crippen LogP contribution is -2.24. The lowest BCUT2D eigenvalue weighted by Gasteiger charge is -2.09. The van der Waals surface area contributed by atoms with E-state index in [1.807, 2.05) is 6.07 Å². The van der Waals surface area contributed by atoms with Crippen molar-refractivity contribution in [3.8, 4) is 11.8 Å². The van der Waals surface area contributed by atoms with Gasteiger partial charge in [0.05, 0.1) is 0 Å². The van der Waals surface area contributed by atoms with Crippen LogP contribution in [0.2, 0.25) is 0 Å². The van der Waals surface area contributed by atoms with Gasteiger partial charge in [0.25, 0.3) is 0 Å². The molecule has 0 atom stereocenters. The van der Waals surface area contributed by atoms with Gasteiger partial charge in [0.2, 0.25) is 0 Å². The van der Waals surface area contributed by atoms with Crippen molar-refractivity contribution in [1.82, 2.24) is 5.48 Å². The largest absolute Gasteiger partial charge is 0.479 e. The van der Waals surface area contributed by atoms with Crippen LogP contribution in [0.25, 0.3) is 0 Å². The van der Waals surface area contributed by atoms with Crippen molar-refractivity contribution in [2.45, 2.75) is 12.7 Å². The summed E-state index contributed by atoms with van der Waals surface area (Å²) >= 11 is 0.